The molecule has 0 saturated carbocycles. The van der Waals surface area contributed by atoms with Crippen LogP contribution in [0.2, 0.25) is 10.0 Å². The van der Waals surface area contributed by atoms with Crippen molar-refractivity contribution < 1.29 is 9.90 Å². The van der Waals surface area contributed by atoms with Crippen molar-refractivity contribution in [2.75, 3.05) is 5.32 Å². The molecule has 0 unspecified atom stereocenters. The number of aromatic nitrogens is 4. The first kappa shape index (κ1) is 19.2. The Hall–Kier alpha value is -3.16. The monoisotopic (exact) mass is 427 g/mol. The summed E-state index contributed by atoms with van der Waals surface area (Å²) in [4.78, 5) is 24.5. The number of carboxylic acids is 1. The molecule has 2 aliphatic heterocycles. The molecule has 2 N–H and O–H groups in total. The van der Waals surface area contributed by atoms with E-state index in [2.05, 4.69) is 20.3 Å². The van der Waals surface area contributed by atoms with Crippen LogP contribution in [-0.4, -0.2) is 30.6 Å². The van der Waals surface area contributed by atoms with Crippen LogP contribution in [0.3, 0.4) is 0 Å². The van der Waals surface area contributed by atoms with E-state index < -0.39 is 5.97 Å². The second-order valence-electron chi connectivity index (χ2n) is 6.38. The molecule has 2 heterocycles. The first-order valence-corrected chi connectivity index (χ1v) is 9.40. The predicted molar refractivity (Wildman–Crippen MR) is 111 cm³/mol. The van der Waals surface area contributed by atoms with Crippen molar-refractivity contribution in [1.29, 1.82) is 0 Å². The molecule has 29 heavy (non-hydrogen) atoms. The topological polar surface area (TPSA) is 92.9 Å². The molecule has 7 nitrogen and oxygen atoms in total. The van der Waals surface area contributed by atoms with Crippen molar-refractivity contribution in [3.63, 3.8) is 0 Å². The molecule has 0 aromatic heterocycles. The van der Waals surface area contributed by atoms with Crippen LogP contribution >= 0.6 is 23.2 Å². The molecule has 146 valence electrons. The summed E-state index contributed by atoms with van der Waals surface area (Å²) in [6.45, 7) is 2.12. The van der Waals surface area contributed by atoms with Gasteiger partial charge in [0.25, 0.3) is 0 Å². The lowest BCUT2D eigenvalue weighted by Crippen LogP contribution is -2.10. The van der Waals surface area contributed by atoms with Gasteiger partial charge in [-0.1, -0.05) is 35.3 Å². The number of rotatable bonds is 5. The largest absolute Gasteiger partial charge is 0.478 e. The van der Waals surface area contributed by atoms with Gasteiger partial charge in [-0.3, -0.25) is 0 Å². The Morgan fingerprint density at radius 2 is 1.83 bits per heavy atom. The van der Waals surface area contributed by atoms with Gasteiger partial charge in [-0.15, -0.1) is 0 Å². The van der Waals surface area contributed by atoms with Gasteiger partial charge in [0.05, 0.1) is 18.4 Å². The third-order valence-electron chi connectivity index (χ3n) is 4.61. The number of fused-ring (bicyclic) bond motifs is 1. The fourth-order valence-corrected chi connectivity index (χ4v) is 3.59. The molecule has 0 saturated heterocycles. The third kappa shape index (κ3) is 3.62. The summed E-state index contributed by atoms with van der Waals surface area (Å²) in [7, 11) is 0. The number of benzene rings is 2. The number of nitrogens with one attached hydrogen (secondary N) is 1. The predicted octanol–water partition coefficient (Wildman–Crippen LogP) is 4.88. The molecule has 0 atom stereocenters. The Morgan fingerprint density at radius 3 is 2.55 bits per heavy atom. The van der Waals surface area contributed by atoms with E-state index in [1.165, 1.54) is 6.33 Å². The number of hydrogen-bond acceptors (Lipinski definition) is 5. The summed E-state index contributed by atoms with van der Waals surface area (Å²) in [5, 5.41) is 13.6. The minimum absolute atomic E-state index is 0.221. The molecule has 0 aliphatic carbocycles. The first-order valence-electron chi connectivity index (χ1n) is 8.64. The number of aromatic carboxylic acids is 1. The lowest BCUT2D eigenvalue weighted by molar-refractivity contribution is 0.0696. The van der Waals surface area contributed by atoms with Gasteiger partial charge in [-0.25, -0.2) is 19.7 Å². The highest BCUT2D eigenvalue weighted by Crippen LogP contribution is 2.31. The van der Waals surface area contributed by atoms with Crippen LogP contribution in [0.4, 0.5) is 11.5 Å². The van der Waals surface area contributed by atoms with Gasteiger partial charge in [0.1, 0.15) is 6.33 Å². The fraction of sp³-hybridized carbons (Fsp3) is 0.100. The summed E-state index contributed by atoms with van der Waals surface area (Å²) in [6.07, 6.45) is 3.07. The highest BCUT2D eigenvalue weighted by atomic mass is 35.5. The number of carbonyl (C=O) groups is 1. The summed E-state index contributed by atoms with van der Waals surface area (Å²) in [5.74, 6) is 0.0926. The zero-order valence-electron chi connectivity index (χ0n) is 15.2. The normalized spacial score (nSPS) is 11.0. The minimum atomic E-state index is -0.986. The second kappa shape index (κ2) is 7.69. The molecule has 2 aliphatic rings. The minimum Gasteiger partial charge on any atom is -0.478 e. The van der Waals surface area contributed by atoms with Gasteiger partial charge < -0.3 is 15.0 Å². The van der Waals surface area contributed by atoms with Gasteiger partial charge in [-0.05, 0) is 36.8 Å². The van der Waals surface area contributed by atoms with E-state index in [9.17, 15) is 9.90 Å². The number of anilines is 2. The molecule has 0 fully saturated rings. The van der Waals surface area contributed by atoms with Crippen molar-refractivity contribution in [3.8, 4) is 11.5 Å². The molecule has 9 heteroatoms. The maximum Gasteiger partial charge on any atom is 0.336 e. The smallest absolute Gasteiger partial charge is 0.336 e. The van der Waals surface area contributed by atoms with E-state index in [4.69, 9.17) is 23.2 Å². The van der Waals surface area contributed by atoms with E-state index in [1.807, 2.05) is 0 Å². The Balaban J connectivity index is 1.71. The summed E-state index contributed by atoms with van der Waals surface area (Å²) >= 11 is 12.6. The standard InChI is InChI=1S/C20H15Cl2N5O2/c1-11-12(20(28)29)4-2-7-16(11)26-18-17-19(24-9-23-17)27(10-25-18)8-13-14(21)5-3-6-15(13)22/h2-7,9-10,26H,8H2,1H3,(H,28,29). The molecule has 2 aromatic carbocycles. The van der Waals surface area contributed by atoms with Gasteiger partial charge in [0, 0.05) is 21.3 Å². The van der Waals surface area contributed by atoms with Crippen molar-refractivity contribution in [2.24, 2.45) is 0 Å². The second-order valence-corrected chi connectivity index (χ2v) is 7.19. The van der Waals surface area contributed by atoms with Crippen molar-refractivity contribution in [3.05, 3.63) is 75.8 Å². The average Bonchev–Trinajstić information content (AvgIpc) is 3.18. The maximum absolute atomic E-state index is 11.4. The number of hydrogen-bond donors (Lipinski definition) is 2. The highest BCUT2D eigenvalue weighted by molar-refractivity contribution is 6.36. The third-order valence-corrected chi connectivity index (χ3v) is 5.32. The quantitative estimate of drug-likeness (QED) is 0.471. The van der Waals surface area contributed by atoms with Crippen LogP contribution in [0.25, 0.3) is 11.5 Å². The van der Waals surface area contributed by atoms with Crippen LogP contribution in [0, 0.1) is 6.92 Å². The van der Waals surface area contributed by atoms with Gasteiger partial charge in [-0.2, -0.15) is 0 Å². The molecule has 2 aromatic rings. The van der Waals surface area contributed by atoms with E-state index in [-0.39, 0.29) is 5.56 Å². The van der Waals surface area contributed by atoms with E-state index in [0.29, 0.717) is 45.2 Å². The van der Waals surface area contributed by atoms with Crippen LogP contribution in [0.5, 0.6) is 0 Å². The van der Waals surface area contributed by atoms with Crippen LogP contribution in [0.15, 0.2) is 49.1 Å². The molecule has 0 amide bonds. The van der Waals surface area contributed by atoms with Crippen molar-refractivity contribution in [2.45, 2.75) is 13.5 Å². The zero-order valence-corrected chi connectivity index (χ0v) is 16.7. The Bertz CT molecular complexity index is 1170. The van der Waals surface area contributed by atoms with Crippen LogP contribution < -0.4 is 5.32 Å². The molecular weight excluding hydrogens is 413 g/mol. The SMILES string of the molecule is Cc1c(Nc2ncn(Cc3c(Cl)cccc3Cl)c3ncnc2-3)cccc1C(=O)O. The number of carboxylic acid groups (broad SMARTS) is 1. The molecule has 0 spiro atoms. The van der Waals surface area contributed by atoms with E-state index in [0.717, 1.165) is 5.56 Å². The first-order chi connectivity index (χ1) is 14.0. The molecule has 0 radical (unpaired) electrons. The summed E-state index contributed by atoms with van der Waals surface area (Å²) < 4.78 is 1.81. The Morgan fingerprint density at radius 1 is 1.10 bits per heavy atom. The van der Waals surface area contributed by atoms with E-state index in [1.54, 1.807) is 54.2 Å². The number of halogens is 2. The highest BCUT2D eigenvalue weighted by Gasteiger charge is 2.19. The summed E-state index contributed by atoms with van der Waals surface area (Å²) in [6, 6.07) is 10.4. The lowest BCUT2D eigenvalue weighted by atomic mass is 10.1. The molecule has 4 rings (SSSR count). The maximum atomic E-state index is 11.4. The van der Waals surface area contributed by atoms with Gasteiger partial charge in [0.15, 0.2) is 17.3 Å². The molecule has 0 bridgehead atoms. The number of imidazole rings is 1. The number of nitrogens with zero attached hydrogens (tertiary/aromatic N) is 4. The van der Waals surface area contributed by atoms with E-state index >= 15 is 0 Å². The fourth-order valence-electron chi connectivity index (χ4n) is 3.07. The lowest BCUT2D eigenvalue weighted by Gasteiger charge is -2.16. The zero-order chi connectivity index (χ0) is 20.5. The Kier molecular flexibility index (Phi) is 5.08. The molecular formula is C20H15Cl2N5O2. The Labute approximate surface area is 176 Å². The average molecular weight is 428 g/mol. The van der Waals surface area contributed by atoms with Crippen LogP contribution in [-0.2, 0) is 6.54 Å². The summed E-state index contributed by atoms with van der Waals surface area (Å²) in [5.41, 5.74) is 2.77. The van der Waals surface area contributed by atoms with Gasteiger partial charge in [0.2, 0.25) is 0 Å². The van der Waals surface area contributed by atoms with Crippen LogP contribution in [0.1, 0.15) is 21.5 Å². The van der Waals surface area contributed by atoms with Gasteiger partial charge >= 0.3 is 5.97 Å². The van der Waals surface area contributed by atoms with Crippen molar-refractivity contribution in [1.82, 2.24) is 19.5 Å². The van der Waals surface area contributed by atoms with Crippen molar-refractivity contribution >= 4 is 40.7 Å².